The minimum Gasteiger partial charge on any atom is -0.317 e. The fraction of sp³-hybridized carbons (Fsp3) is 0.143. The number of para-hydroxylation sites is 2. The molecule has 190 valence electrons. The van der Waals surface area contributed by atoms with Crippen molar-refractivity contribution in [1.82, 2.24) is 9.99 Å². The lowest BCUT2D eigenvalue weighted by Gasteiger charge is -2.22. The number of amides is 1. The van der Waals surface area contributed by atoms with E-state index in [-0.39, 0.29) is 12.5 Å². The first-order valence-corrected chi connectivity index (χ1v) is 14.2. The van der Waals surface area contributed by atoms with Crippen molar-refractivity contribution in [3.63, 3.8) is 0 Å². The Morgan fingerprint density at radius 3 is 2.30 bits per heavy atom. The lowest BCUT2D eigenvalue weighted by molar-refractivity contribution is 0.0955. The summed E-state index contributed by atoms with van der Waals surface area (Å²) in [5.41, 5.74) is 8.31. The first kappa shape index (κ1) is 26.4. The number of aryl methyl sites for hydroxylation is 1. The average Bonchev–Trinajstić information content (AvgIpc) is 3.15. The van der Waals surface area contributed by atoms with Crippen LogP contribution in [0.25, 0.3) is 5.69 Å². The number of anilines is 1. The number of hydrogen-bond acceptors (Lipinski definition) is 4. The second kappa shape index (κ2) is 11.1. The number of sulfonamides is 1. The predicted octanol–water partition coefficient (Wildman–Crippen LogP) is 5.59. The Kier molecular flexibility index (Phi) is 7.94. The van der Waals surface area contributed by atoms with E-state index in [4.69, 9.17) is 0 Å². The lowest BCUT2D eigenvalue weighted by Crippen LogP contribution is -2.29. The molecule has 0 fully saturated rings. The zero-order chi connectivity index (χ0) is 26.6. The van der Waals surface area contributed by atoms with E-state index in [0.717, 1.165) is 32.7 Å². The number of nitrogens with one attached hydrogen (secondary N) is 1. The molecule has 0 aliphatic carbocycles. The Labute approximate surface area is 225 Å². The smallest absolute Gasteiger partial charge is 0.271 e. The maximum absolute atomic E-state index is 12.6. The monoisotopic (exact) mass is 578 g/mol. The van der Waals surface area contributed by atoms with Crippen LogP contribution >= 0.6 is 15.9 Å². The first-order chi connectivity index (χ1) is 17.6. The molecule has 7 nitrogen and oxygen atoms in total. The van der Waals surface area contributed by atoms with Crippen LogP contribution in [-0.2, 0) is 16.6 Å². The van der Waals surface area contributed by atoms with E-state index < -0.39 is 10.0 Å². The highest BCUT2D eigenvalue weighted by molar-refractivity contribution is 9.10. The number of hydrazone groups is 1. The summed E-state index contributed by atoms with van der Waals surface area (Å²) in [4.78, 5) is 12.6. The van der Waals surface area contributed by atoms with Gasteiger partial charge in [0, 0.05) is 27.0 Å². The highest BCUT2D eigenvalue weighted by atomic mass is 79.9. The van der Waals surface area contributed by atoms with E-state index in [1.54, 1.807) is 54.7 Å². The summed E-state index contributed by atoms with van der Waals surface area (Å²) in [6.07, 6.45) is 2.81. The SMILES string of the molecule is Cc1cc(/C=N\NC(=O)c2ccc(CN(c3ccccc3)S(C)(=O)=O)cc2)c(C)n1-c1ccccc1Br. The van der Waals surface area contributed by atoms with Crippen LogP contribution in [0, 0.1) is 13.8 Å². The highest BCUT2D eigenvalue weighted by Gasteiger charge is 2.18. The number of carbonyl (C=O) groups excluding carboxylic acids is 1. The molecule has 1 heterocycles. The number of nitrogens with zero attached hydrogens (tertiary/aromatic N) is 3. The summed E-state index contributed by atoms with van der Waals surface area (Å²) in [5.74, 6) is -0.356. The standard InChI is InChI=1S/C28H27BrN4O3S/c1-20-17-24(21(2)33(20)27-12-8-7-11-26(27)29)18-30-31-28(34)23-15-13-22(14-16-23)19-32(37(3,35)36)25-9-5-4-6-10-25/h4-18H,19H2,1-3H3,(H,31,34)/b30-18-. The Balaban J connectivity index is 1.44. The van der Waals surface area contributed by atoms with Crippen molar-refractivity contribution < 1.29 is 13.2 Å². The van der Waals surface area contributed by atoms with Crippen LogP contribution in [0.3, 0.4) is 0 Å². The number of halogens is 1. The highest BCUT2D eigenvalue weighted by Crippen LogP contribution is 2.26. The summed E-state index contributed by atoms with van der Waals surface area (Å²) in [6, 6.07) is 25.7. The Morgan fingerprint density at radius 1 is 1.00 bits per heavy atom. The van der Waals surface area contributed by atoms with Gasteiger partial charge in [-0.2, -0.15) is 5.10 Å². The largest absolute Gasteiger partial charge is 0.317 e. The van der Waals surface area contributed by atoms with Crippen molar-refractivity contribution in [3.8, 4) is 5.69 Å². The van der Waals surface area contributed by atoms with Gasteiger partial charge in [0.25, 0.3) is 5.91 Å². The molecule has 0 bridgehead atoms. The van der Waals surface area contributed by atoms with Crippen LogP contribution in [0.1, 0.15) is 32.9 Å². The summed E-state index contributed by atoms with van der Waals surface area (Å²) < 4.78 is 29.1. The van der Waals surface area contributed by atoms with Crippen LogP contribution in [-0.4, -0.2) is 31.4 Å². The molecular weight excluding hydrogens is 552 g/mol. The number of benzene rings is 3. The van der Waals surface area contributed by atoms with Gasteiger partial charge in [-0.05, 0) is 77.8 Å². The van der Waals surface area contributed by atoms with Crippen LogP contribution in [0.5, 0.6) is 0 Å². The number of hydrogen-bond donors (Lipinski definition) is 1. The molecule has 0 unspecified atom stereocenters. The van der Waals surface area contributed by atoms with Crippen molar-refractivity contribution in [3.05, 3.63) is 117 Å². The Bertz CT molecular complexity index is 1550. The minimum atomic E-state index is -3.48. The second-order valence-electron chi connectivity index (χ2n) is 8.61. The summed E-state index contributed by atoms with van der Waals surface area (Å²) >= 11 is 3.60. The molecule has 1 aromatic heterocycles. The average molecular weight is 580 g/mol. The first-order valence-electron chi connectivity index (χ1n) is 11.5. The number of aromatic nitrogens is 1. The van der Waals surface area contributed by atoms with Gasteiger partial charge in [-0.1, -0.05) is 42.5 Å². The molecule has 4 rings (SSSR count). The third kappa shape index (κ3) is 6.18. The van der Waals surface area contributed by atoms with Crippen molar-refractivity contribution >= 4 is 43.8 Å². The molecule has 3 aromatic carbocycles. The van der Waals surface area contributed by atoms with Crippen LogP contribution < -0.4 is 9.73 Å². The number of rotatable bonds is 8. The zero-order valence-electron chi connectivity index (χ0n) is 20.7. The molecular formula is C28H27BrN4O3S. The maximum Gasteiger partial charge on any atom is 0.271 e. The van der Waals surface area contributed by atoms with Gasteiger partial charge in [0.15, 0.2) is 0 Å². The quantitative estimate of drug-likeness (QED) is 0.218. The second-order valence-corrected chi connectivity index (χ2v) is 11.4. The molecule has 0 spiro atoms. The number of carbonyl (C=O) groups is 1. The Hall–Kier alpha value is -3.69. The summed E-state index contributed by atoms with van der Waals surface area (Å²) in [7, 11) is -3.48. The van der Waals surface area contributed by atoms with Crippen molar-refractivity contribution in [2.45, 2.75) is 20.4 Å². The third-order valence-electron chi connectivity index (χ3n) is 5.92. The zero-order valence-corrected chi connectivity index (χ0v) is 23.1. The summed E-state index contributed by atoms with van der Waals surface area (Å²) in [5, 5.41) is 4.15. The molecule has 0 aliphatic heterocycles. The van der Waals surface area contributed by atoms with Gasteiger partial charge in [-0.3, -0.25) is 9.10 Å². The van der Waals surface area contributed by atoms with Gasteiger partial charge >= 0.3 is 0 Å². The molecule has 1 amide bonds. The van der Waals surface area contributed by atoms with Crippen LogP contribution in [0.4, 0.5) is 5.69 Å². The van der Waals surface area contributed by atoms with Gasteiger partial charge in [-0.25, -0.2) is 13.8 Å². The summed E-state index contributed by atoms with van der Waals surface area (Å²) in [6.45, 7) is 4.19. The molecule has 0 aliphatic rings. The molecule has 0 radical (unpaired) electrons. The van der Waals surface area contributed by atoms with Crippen molar-refractivity contribution in [2.75, 3.05) is 10.6 Å². The molecule has 9 heteroatoms. The van der Waals surface area contributed by atoms with Gasteiger partial charge in [0.1, 0.15) is 0 Å². The van der Waals surface area contributed by atoms with E-state index in [9.17, 15) is 13.2 Å². The van der Waals surface area contributed by atoms with E-state index >= 15 is 0 Å². The van der Waals surface area contributed by atoms with Crippen LogP contribution in [0.2, 0.25) is 0 Å². The fourth-order valence-electron chi connectivity index (χ4n) is 4.07. The Morgan fingerprint density at radius 2 is 1.65 bits per heavy atom. The van der Waals surface area contributed by atoms with Crippen LogP contribution in [0.15, 0.2) is 94.5 Å². The predicted molar refractivity (Wildman–Crippen MR) is 152 cm³/mol. The van der Waals surface area contributed by atoms with E-state index in [1.165, 1.54) is 10.6 Å². The van der Waals surface area contributed by atoms with E-state index in [2.05, 4.69) is 31.0 Å². The molecule has 0 atom stereocenters. The molecule has 37 heavy (non-hydrogen) atoms. The van der Waals surface area contributed by atoms with Crippen molar-refractivity contribution in [2.24, 2.45) is 5.10 Å². The van der Waals surface area contributed by atoms with E-state index in [1.807, 2.05) is 50.2 Å². The van der Waals surface area contributed by atoms with Gasteiger partial charge in [0.2, 0.25) is 10.0 Å². The van der Waals surface area contributed by atoms with Gasteiger partial charge in [0.05, 0.1) is 30.4 Å². The minimum absolute atomic E-state index is 0.163. The fourth-order valence-corrected chi connectivity index (χ4v) is 5.42. The molecule has 4 aromatic rings. The normalized spacial score (nSPS) is 11.6. The van der Waals surface area contributed by atoms with Gasteiger partial charge in [-0.15, -0.1) is 0 Å². The molecule has 1 N–H and O–H groups in total. The van der Waals surface area contributed by atoms with E-state index in [0.29, 0.717) is 11.3 Å². The van der Waals surface area contributed by atoms with Crippen molar-refractivity contribution in [1.29, 1.82) is 0 Å². The molecule has 0 saturated heterocycles. The third-order valence-corrected chi connectivity index (χ3v) is 7.73. The van der Waals surface area contributed by atoms with Gasteiger partial charge < -0.3 is 4.57 Å². The lowest BCUT2D eigenvalue weighted by atomic mass is 10.1. The maximum atomic E-state index is 12.6. The molecule has 0 saturated carbocycles. The topological polar surface area (TPSA) is 83.8 Å².